The summed E-state index contributed by atoms with van der Waals surface area (Å²) < 4.78 is 2.16. The van der Waals surface area contributed by atoms with Crippen LogP contribution in [0.4, 0.5) is 0 Å². The molecule has 0 saturated heterocycles. The third-order valence-electron chi connectivity index (χ3n) is 3.21. The lowest BCUT2D eigenvalue weighted by atomic mass is 10.3. The first kappa shape index (κ1) is 13.9. The van der Waals surface area contributed by atoms with E-state index in [1.807, 2.05) is 25.1 Å². The van der Waals surface area contributed by atoms with Crippen molar-refractivity contribution in [1.82, 2.24) is 9.55 Å². The molecule has 0 spiro atoms. The number of rotatable bonds is 3. The molecule has 104 valence electrons. The van der Waals surface area contributed by atoms with Crippen LogP contribution in [0.2, 0.25) is 5.02 Å². The van der Waals surface area contributed by atoms with Crippen LogP contribution in [-0.4, -0.2) is 9.55 Å². The van der Waals surface area contributed by atoms with Crippen molar-refractivity contribution in [3.8, 4) is 0 Å². The normalized spacial score (nSPS) is 13.0. The Morgan fingerprint density at radius 2 is 2.10 bits per heavy atom. The fraction of sp³-hybridized carbons (Fsp3) is 0.267. The Labute approximate surface area is 132 Å². The van der Waals surface area contributed by atoms with Crippen LogP contribution in [-0.2, 0) is 6.54 Å². The van der Waals surface area contributed by atoms with E-state index < -0.39 is 0 Å². The summed E-state index contributed by atoms with van der Waals surface area (Å²) >= 11 is 14.2. The molecule has 0 aliphatic heterocycles. The van der Waals surface area contributed by atoms with E-state index in [1.165, 1.54) is 9.75 Å². The predicted octanol–water partition coefficient (Wildman–Crippen LogP) is 5.41. The first-order valence-electron chi connectivity index (χ1n) is 6.39. The van der Waals surface area contributed by atoms with Crippen molar-refractivity contribution in [1.29, 1.82) is 0 Å². The van der Waals surface area contributed by atoms with Gasteiger partial charge in [-0.15, -0.1) is 22.9 Å². The van der Waals surface area contributed by atoms with E-state index in [4.69, 9.17) is 23.2 Å². The third kappa shape index (κ3) is 2.58. The second kappa shape index (κ2) is 5.40. The van der Waals surface area contributed by atoms with E-state index in [0.717, 1.165) is 28.4 Å². The van der Waals surface area contributed by atoms with Gasteiger partial charge in [0.05, 0.1) is 23.0 Å². The zero-order valence-corrected chi connectivity index (χ0v) is 13.6. The number of aromatic nitrogens is 2. The fourth-order valence-corrected chi connectivity index (χ4v) is 3.52. The van der Waals surface area contributed by atoms with Gasteiger partial charge in [0, 0.05) is 14.8 Å². The molecule has 0 aliphatic carbocycles. The monoisotopic (exact) mass is 324 g/mol. The Morgan fingerprint density at radius 1 is 1.30 bits per heavy atom. The molecular weight excluding hydrogens is 311 g/mol. The van der Waals surface area contributed by atoms with Crippen molar-refractivity contribution in [2.24, 2.45) is 0 Å². The molecule has 0 amide bonds. The minimum Gasteiger partial charge on any atom is -0.321 e. The van der Waals surface area contributed by atoms with E-state index in [9.17, 15) is 0 Å². The van der Waals surface area contributed by atoms with Crippen molar-refractivity contribution < 1.29 is 0 Å². The van der Waals surface area contributed by atoms with Crippen molar-refractivity contribution in [3.05, 3.63) is 50.9 Å². The van der Waals surface area contributed by atoms with Crippen LogP contribution < -0.4 is 0 Å². The second-order valence-electron chi connectivity index (χ2n) is 4.82. The van der Waals surface area contributed by atoms with Crippen LogP contribution in [0.3, 0.4) is 0 Å². The summed E-state index contributed by atoms with van der Waals surface area (Å²) in [6.45, 7) is 4.84. The molecule has 1 aromatic carbocycles. The van der Waals surface area contributed by atoms with Crippen molar-refractivity contribution in [2.75, 3.05) is 0 Å². The summed E-state index contributed by atoms with van der Waals surface area (Å²) in [6, 6.07) is 10.0. The van der Waals surface area contributed by atoms with E-state index in [0.29, 0.717) is 0 Å². The number of fused-ring (bicyclic) bond motifs is 1. The van der Waals surface area contributed by atoms with Gasteiger partial charge in [0.15, 0.2) is 0 Å². The highest BCUT2D eigenvalue weighted by Crippen LogP contribution is 2.28. The van der Waals surface area contributed by atoms with Gasteiger partial charge >= 0.3 is 0 Å². The molecule has 0 fully saturated rings. The predicted molar refractivity (Wildman–Crippen MR) is 87.2 cm³/mol. The van der Waals surface area contributed by atoms with Gasteiger partial charge in [-0.05, 0) is 44.2 Å². The number of benzene rings is 1. The molecule has 0 radical (unpaired) electrons. The minimum atomic E-state index is -0.137. The maximum Gasteiger partial charge on any atom is 0.128 e. The molecule has 0 aliphatic rings. The number of alkyl halides is 1. The van der Waals surface area contributed by atoms with Gasteiger partial charge < -0.3 is 4.57 Å². The van der Waals surface area contributed by atoms with E-state index in [2.05, 4.69) is 28.6 Å². The Morgan fingerprint density at radius 3 is 2.75 bits per heavy atom. The number of hydrogen-bond acceptors (Lipinski definition) is 2. The molecule has 20 heavy (non-hydrogen) atoms. The summed E-state index contributed by atoms with van der Waals surface area (Å²) in [4.78, 5) is 7.23. The molecule has 0 saturated carbocycles. The zero-order valence-electron chi connectivity index (χ0n) is 11.2. The number of nitrogens with zero attached hydrogens (tertiary/aromatic N) is 2. The summed E-state index contributed by atoms with van der Waals surface area (Å²) in [5, 5.41) is 0.581. The molecule has 2 heterocycles. The Balaban J connectivity index is 2.15. The van der Waals surface area contributed by atoms with Gasteiger partial charge in [-0.25, -0.2) is 4.98 Å². The van der Waals surface area contributed by atoms with Gasteiger partial charge in [-0.1, -0.05) is 11.6 Å². The van der Waals surface area contributed by atoms with Gasteiger partial charge in [0.1, 0.15) is 5.82 Å². The molecule has 3 aromatic rings. The molecule has 0 bridgehead atoms. The summed E-state index contributed by atoms with van der Waals surface area (Å²) in [6.07, 6.45) is 0. The molecule has 2 aromatic heterocycles. The van der Waals surface area contributed by atoms with Crippen molar-refractivity contribution in [2.45, 2.75) is 25.8 Å². The van der Waals surface area contributed by atoms with Crippen LogP contribution in [0, 0.1) is 6.92 Å². The molecule has 0 N–H and O–H groups in total. The number of aryl methyl sites for hydroxylation is 1. The first-order chi connectivity index (χ1) is 9.54. The van der Waals surface area contributed by atoms with Gasteiger partial charge in [-0.2, -0.15) is 0 Å². The summed E-state index contributed by atoms with van der Waals surface area (Å²) in [5.74, 6) is 0.884. The third-order valence-corrected chi connectivity index (χ3v) is 4.62. The number of hydrogen-bond donors (Lipinski definition) is 0. The van der Waals surface area contributed by atoms with Crippen molar-refractivity contribution >= 4 is 45.6 Å². The topological polar surface area (TPSA) is 17.8 Å². The van der Waals surface area contributed by atoms with Crippen LogP contribution in [0.5, 0.6) is 0 Å². The highest BCUT2D eigenvalue weighted by atomic mass is 35.5. The van der Waals surface area contributed by atoms with E-state index in [1.54, 1.807) is 11.3 Å². The Bertz CT molecular complexity index is 758. The van der Waals surface area contributed by atoms with Crippen molar-refractivity contribution in [3.63, 3.8) is 0 Å². The molecule has 1 unspecified atom stereocenters. The minimum absolute atomic E-state index is 0.137. The molecule has 2 nitrogen and oxygen atoms in total. The number of imidazole rings is 1. The molecular formula is C15H14Cl2N2S. The lowest BCUT2D eigenvalue weighted by Gasteiger charge is -2.09. The van der Waals surface area contributed by atoms with E-state index >= 15 is 0 Å². The molecule has 1 atom stereocenters. The highest BCUT2D eigenvalue weighted by Gasteiger charge is 2.16. The Kier molecular flexibility index (Phi) is 3.76. The lowest BCUT2D eigenvalue weighted by Crippen LogP contribution is -2.04. The maximum absolute atomic E-state index is 6.28. The van der Waals surface area contributed by atoms with Crippen LogP contribution in [0.15, 0.2) is 30.3 Å². The highest BCUT2D eigenvalue weighted by molar-refractivity contribution is 7.11. The second-order valence-corrected chi connectivity index (χ2v) is 7.28. The van der Waals surface area contributed by atoms with Crippen LogP contribution in [0.25, 0.3) is 11.0 Å². The number of thiophene rings is 1. The van der Waals surface area contributed by atoms with Crippen LogP contribution >= 0.6 is 34.5 Å². The van der Waals surface area contributed by atoms with Gasteiger partial charge in [-0.3, -0.25) is 0 Å². The summed E-state index contributed by atoms with van der Waals surface area (Å²) in [7, 11) is 0. The zero-order chi connectivity index (χ0) is 14.3. The average Bonchev–Trinajstić information content (AvgIpc) is 2.95. The van der Waals surface area contributed by atoms with Gasteiger partial charge in [0.25, 0.3) is 0 Å². The van der Waals surface area contributed by atoms with Gasteiger partial charge in [0.2, 0.25) is 0 Å². The average molecular weight is 325 g/mol. The molecule has 5 heteroatoms. The Hall–Kier alpha value is -1.03. The lowest BCUT2D eigenvalue weighted by molar-refractivity contribution is 0.750. The number of halogens is 2. The maximum atomic E-state index is 6.28. The van der Waals surface area contributed by atoms with E-state index in [-0.39, 0.29) is 5.38 Å². The SMILES string of the molecule is Cc1ccc(Cn2c(C(C)Cl)nc3ccc(Cl)cc32)s1. The largest absolute Gasteiger partial charge is 0.321 e. The first-order valence-corrected chi connectivity index (χ1v) is 8.03. The smallest absolute Gasteiger partial charge is 0.128 e. The molecule has 3 rings (SSSR count). The fourth-order valence-electron chi connectivity index (χ4n) is 2.31. The quantitative estimate of drug-likeness (QED) is 0.589. The van der Waals surface area contributed by atoms with Crippen LogP contribution in [0.1, 0.15) is 27.9 Å². The summed E-state index contributed by atoms with van der Waals surface area (Å²) in [5.41, 5.74) is 1.97. The standard InChI is InChI=1S/C15H14Cl2N2S/c1-9-3-5-12(20-9)8-19-14-7-11(17)4-6-13(14)18-15(19)10(2)16/h3-7,10H,8H2,1-2H3.